The quantitative estimate of drug-likeness (QED) is 0.938. The molecule has 3 heterocycles. The van der Waals surface area contributed by atoms with E-state index in [1.54, 1.807) is 17.6 Å². The minimum absolute atomic E-state index is 0.0558. The van der Waals surface area contributed by atoms with E-state index in [1.165, 1.54) is 16.9 Å². The summed E-state index contributed by atoms with van der Waals surface area (Å²) in [4.78, 5) is 20.8. The monoisotopic (exact) mass is 315 g/mol. The van der Waals surface area contributed by atoms with Gasteiger partial charge in [0.1, 0.15) is 11.4 Å². The molecule has 0 saturated carbocycles. The summed E-state index contributed by atoms with van der Waals surface area (Å²) in [5, 5.41) is 11.2. The zero-order chi connectivity index (χ0) is 15.1. The number of benzene rings is 1. The number of phenolic OH excluding ortho intramolecular Hbond substituents is 1. The molecule has 1 amide bonds. The van der Waals surface area contributed by atoms with Crippen LogP contribution in [0.15, 0.2) is 35.2 Å². The number of likely N-dealkylation sites (tertiary alicyclic amines) is 2. The fourth-order valence-corrected chi connectivity index (χ4v) is 3.94. The Labute approximate surface area is 132 Å². The predicted molar refractivity (Wildman–Crippen MR) is 83.8 cm³/mol. The Morgan fingerprint density at radius 2 is 2.09 bits per heavy atom. The minimum atomic E-state index is 0.0558. The van der Waals surface area contributed by atoms with Crippen molar-refractivity contribution in [3.63, 3.8) is 0 Å². The lowest BCUT2D eigenvalue weighted by molar-refractivity contribution is 0.0433. The van der Waals surface area contributed by atoms with E-state index in [2.05, 4.69) is 9.88 Å². The van der Waals surface area contributed by atoms with Gasteiger partial charge in [-0.1, -0.05) is 12.1 Å². The molecule has 2 aliphatic rings. The average molecular weight is 315 g/mol. The van der Waals surface area contributed by atoms with E-state index >= 15 is 0 Å². The van der Waals surface area contributed by atoms with Crippen molar-refractivity contribution in [2.75, 3.05) is 19.6 Å². The number of carbonyl (C=O) groups is 1. The molecule has 0 bridgehead atoms. The number of fused-ring (bicyclic) bond motifs is 1. The highest BCUT2D eigenvalue weighted by atomic mass is 32.1. The van der Waals surface area contributed by atoms with Gasteiger partial charge < -0.3 is 10.0 Å². The first-order chi connectivity index (χ1) is 10.7. The van der Waals surface area contributed by atoms with E-state index in [0.717, 1.165) is 26.2 Å². The number of phenols is 1. The van der Waals surface area contributed by atoms with Crippen molar-refractivity contribution in [2.24, 2.45) is 5.92 Å². The second kappa shape index (κ2) is 5.37. The lowest BCUT2D eigenvalue weighted by Crippen LogP contribution is -2.54. The second-order valence-electron chi connectivity index (χ2n) is 6.01. The second-order valence-corrected chi connectivity index (χ2v) is 6.73. The van der Waals surface area contributed by atoms with Gasteiger partial charge in [-0.15, -0.1) is 11.3 Å². The number of hydrogen-bond acceptors (Lipinski definition) is 5. The van der Waals surface area contributed by atoms with Gasteiger partial charge in [0.15, 0.2) is 0 Å². The number of amides is 1. The van der Waals surface area contributed by atoms with Crippen molar-refractivity contribution in [1.29, 1.82) is 0 Å². The Balaban J connectivity index is 1.39. The fraction of sp³-hybridized carbons (Fsp3) is 0.375. The van der Waals surface area contributed by atoms with E-state index < -0.39 is 0 Å². The molecule has 5 nitrogen and oxygen atoms in total. The first-order valence-corrected chi connectivity index (χ1v) is 8.34. The summed E-state index contributed by atoms with van der Waals surface area (Å²) < 4.78 is 0. The molecule has 0 spiro atoms. The number of thiazole rings is 1. The van der Waals surface area contributed by atoms with Crippen LogP contribution in [-0.4, -0.2) is 51.5 Å². The Kier molecular flexibility index (Phi) is 3.35. The first-order valence-electron chi connectivity index (χ1n) is 7.40. The van der Waals surface area contributed by atoms with E-state index in [-0.39, 0.29) is 5.91 Å². The molecule has 2 saturated heterocycles. The third kappa shape index (κ3) is 2.38. The van der Waals surface area contributed by atoms with E-state index in [0.29, 0.717) is 23.4 Å². The van der Waals surface area contributed by atoms with Crippen molar-refractivity contribution in [1.82, 2.24) is 14.8 Å². The van der Waals surface area contributed by atoms with Crippen LogP contribution in [-0.2, 0) is 6.54 Å². The lowest BCUT2D eigenvalue weighted by atomic mass is 9.91. The van der Waals surface area contributed by atoms with Gasteiger partial charge in [-0.3, -0.25) is 9.69 Å². The summed E-state index contributed by atoms with van der Waals surface area (Å²) in [7, 11) is 0. The van der Waals surface area contributed by atoms with Crippen LogP contribution in [0.4, 0.5) is 0 Å². The Hall–Kier alpha value is -1.92. The largest absolute Gasteiger partial charge is 0.508 e. The fourth-order valence-electron chi connectivity index (χ4n) is 3.41. The molecule has 2 aromatic rings. The van der Waals surface area contributed by atoms with E-state index in [1.807, 2.05) is 22.4 Å². The van der Waals surface area contributed by atoms with Crippen LogP contribution in [0, 0.1) is 5.92 Å². The van der Waals surface area contributed by atoms with Crippen molar-refractivity contribution in [3.05, 3.63) is 46.4 Å². The number of carbonyl (C=O) groups excluding carboxylic acids is 1. The van der Waals surface area contributed by atoms with Crippen LogP contribution in [0.3, 0.4) is 0 Å². The molecule has 0 radical (unpaired) electrons. The number of hydrogen-bond donors (Lipinski definition) is 1. The van der Waals surface area contributed by atoms with Crippen molar-refractivity contribution >= 4 is 17.2 Å². The lowest BCUT2D eigenvalue weighted by Gasteiger charge is -2.43. The van der Waals surface area contributed by atoms with Crippen LogP contribution in [0.1, 0.15) is 16.1 Å². The molecule has 4 rings (SSSR count). The maximum atomic E-state index is 12.4. The molecule has 22 heavy (non-hydrogen) atoms. The molecule has 6 heteroatoms. The van der Waals surface area contributed by atoms with Crippen LogP contribution in [0.25, 0.3) is 0 Å². The predicted octanol–water partition coefficient (Wildman–Crippen LogP) is 1.81. The molecule has 0 aliphatic carbocycles. The van der Waals surface area contributed by atoms with Gasteiger partial charge in [0.05, 0.1) is 5.51 Å². The standard InChI is InChI=1S/C16H17N3O2S/c20-13-3-1-11(2-4-13)5-18-6-12-7-19(8-15(12)18)16(21)14-9-22-10-17-14/h1-4,9-10,12,15,20H,5-8H2. The van der Waals surface area contributed by atoms with Crippen LogP contribution in [0.2, 0.25) is 0 Å². The molecule has 1 aromatic carbocycles. The molecule has 114 valence electrons. The number of nitrogens with zero attached hydrogens (tertiary/aromatic N) is 3. The molecule has 2 unspecified atom stereocenters. The zero-order valence-corrected chi connectivity index (χ0v) is 12.9. The number of rotatable bonds is 3. The third-order valence-corrected chi connectivity index (χ3v) is 5.19. The maximum Gasteiger partial charge on any atom is 0.273 e. The van der Waals surface area contributed by atoms with Gasteiger partial charge in [0.2, 0.25) is 0 Å². The minimum Gasteiger partial charge on any atom is -0.508 e. The van der Waals surface area contributed by atoms with Crippen molar-refractivity contribution in [3.8, 4) is 5.75 Å². The van der Waals surface area contributed by atoms with Gasteiger partial charge in [-0.05, 0) is 17.7 Å². The van der Waals surface area contributed by atoms with Crippen LogP contribution >= 0.6 is 11.3 Å². The summed E-state index contributed by atoms with van der Waals surface area (Å²) in [6.07, 6.45) is 0. The molecular weight excluding hydrogens is 298 g/mol. The van der Waals surface area contributed by atoms with Gasteiger partial charge in [0, 0.05) is 43.5 Å². The molecule has 2 aliphatic heterocycles. The smallest absolute Gasteiger partial charge is 0.273 e. The SMILES string of the molecule is O=C(c1cscn1)N1CC2CN(Cc3ccc(O)cc3)C2C1. The zero-order valence-electron chi connectivity index (χ0n) is 12.1. The van der Waals surface area contributed by atoms with Gasteiger partial charge in [-0.2, -0.15) is 0 Å². The molecule has 1 N–H and O–H groups in total. The third-order valence-electron chi connectivity index (χ3n) is 4.61. The van der Waals surface area contributed by atoms with E-state index in [9.17, 15) is 9.90 Å². The van der Waals surface area contributed by atoms with Crippen LogP contribution < -0.4 is 0 Å². The Bertz CT molecular complexity index is 671. The topological polar surface area (TPSA) is 56.7 Å². The van der Waals surface area contributed by atoms with Crippen molar-refractivity contribution < 1.29 is 9.90 Å². The normalized spacial score (nSPS) is 24.1. The summed E-state index contributed by atoms with van der Waals surface area (Å²) >= 11 is 1.46. The Morgan fingerprint density at radius 1 is 1.27 bits per heavy atom. The van der Waals surface area contributed by atoms with Crippen molar-refractivity contribution in [2.45, 2.75) is 12.6 Å². The van der Waals surface area contributed by atoms with Gasteiger partial charge in [0.25, 0.3) is 5.91 Å². The van der Waals surface area contributed by atoms with E-state index in [4.69, 9.17) is 0 Å². The number of aromatic hydroxyl groups is 1. The summed E-state index contributed by atoms with van der Waals surface area (Å²) in [6, 6.07) is 7.81. The average Bonchev–Trinajstić information content (AvgIpc) is 3.14. The van der Waals surface area contributed by atoms with Gasteiger partial charge in [-0.25, -0.2) is 4.98 Å². The molecular formula is C16H17N3O2S. The summed E-state index contributed by atoms with van der Waals surface area (Å²) in [6.45, 7) is 3.54. The van der Waals surface area contributed by atoms with Crippen LogP contribution in [0.5, 0.6) is 5.75 Å². The summed E-state index contributed by atoms with van der Waals surface area (Å²) in [5.41, 5.74) is 3.46. The number of aromatic nitrogens is 1. The molecule has 2 atom stereocenters. The highest BCUT2D eigenvalue weighted by Gasteiger charge is 2.46. The highest BCUT2D eigenvalue weighted by molar-refractivity contribution is 7.07. The molecule has 2 fully saturated rings. The first kappa shape index (κ1) is 13.7. The molecule has 1 aromatic heterocycles. The highest BCUT2D eigenvalue weighted by Crippen LogP contribution is 2.34. The maximum absolute atomic E-state index is 12.4. The summed E-state index contributed by atoms with van der Waals surface area (Å²) in [5.74, 6) is 0.936. The van der Waals surface area contributed by atoms with Gasteiger partial charge >= 0.3 is 0 Å². The Morgan fingerprint density at radius 3 is 2.82 bits per heavy atom.